The number of rotatable bonds is 4. The number of hydrogen-bond acceptors (Lipinski definition) is 2. The molecule has 0 heterocycles. The van der Waals surface area contributed by atoms with Crippen molar-refractivity contribution in [3.05, 3.63) is 33.7 Å². The summed E-state index contributed by atoms with van der Waals surface area (Å²) in [6.45, 7) is 2.73. The molecule has 0 unspecified atom stereocenters. The van der Waals surface area contributed by atoms with Crippen LogP contribution in [0, 0.1) is 9.39 Å². The summed E-state index contributed by atoms with van der Waals surface area (Å²) in [7, 11) is 0. The van der Waals surface area contributed by atoms with E-state index < -0.39 is 0 Å². The van der Waals surface area contributed by atoms with Crippen LogP contribution >= 0.6 is 22.6 Å². The Labute approximate surface area is 103 Å². The van der Waals surface area contributed by atoms with Gasteiger partial charge in [0.2, 0.25) is 0 Å². The number of hydrogen-bond donors (Lipinski definition) is 2. The van der Waals surface area contributed by atoms with E-state index in [-0.39, 0.29) is 5.82 Å². The second-order valence-electron chi connectivity index (χ2n) is 3.14. The normalized spacial score (nSPS) is 10.9. The molecule has 0 spiro atoms. The summed E-state index contributed by atoms with van der Waals surface area (Å²) in [4.78, 5) is 0. The van der Waals surface area contributed by atoms with Crippen LogP contribution in [-0.2, 0) is 0 Å². The summed E-state index contributed by atoms with van der Waals surface area (Å²) >= 11 is 1.92. The van der Waals surface area contributed by atoms with Crippen LogP contribution < -0.4 is 11.1 Å². The monoisotopic (exact) mass is 320 g/mol. The first-order chi connectivity index (χ1) is 7.15. The molecule has 1 aromatic rings. The molecule has 0 radical (unpaired) electrons. The van der Waals surface area contributed by atoms with Crippen molar-refractivity contribution < 1.29 is 4.39 Å². The van der Waals surface area contributed by atoms with Crippen molar-refractivity contribution in [2.24, 2.45) is 0 Å². The maximum atomic E-state index is 13.2. The molecule has 0 bridgehead atoms. The predicted octanol–water partition coefficient (Wildman–Crippen LogP) is 3.39. The molecule has 15 heavy (non-hydrogen) atoms. The zero-order valence-electron chi connectivity index (χ0n) is 8.56. The lowest BCUT2D eigenvalue weighted by molar-refractivity contribution is 0.621. The van der Waals surface area contributed by atoms with E-state index in [1.807, 2.05) is 41.7 Å². The summed E-state index contributed by atoms with van der Waals surface area (Å²) in [5, 5.41) is 3.10. The van der Waals surface area contributed by atoms with Crippen molar-refractivity contribution in [3.8, 4) is 0 Å². The van der Waals surface area contributed by atoms with Gasteiger partial charge in [-0.05, 0) is 42.0 Å². The number of allylic oxidation sites excluding steroid dienone is 1. The largest absolute Gasteiger partial charge is 0.397 e. The van der Waals surface area contributed by atoms with Crippen molar-refractivity contribution in [3.63, 3.8) is 0 Å². The summed E-state index contributed by atoms with van der Waals surface area (Å²) in [5.74, 6) is -0.238. The fourth-order valence-corrected chi connectivity index (χ4v) is 1.66. The van der Waals surface area contributed by atoms with Crippen LogP contribution in [0.1, 0.15) is 13.3 Å². The Bertz CT molecular complexity index is 364. The molecule has 0 saturated carbocycles. The highest BCUT2D eigenvalue weighted by molar-refractivity contribution is 14.1. The molecule has 0 amide bonds. The average Bonchev–Trinajstić information content (AvgIpc) is 2.20. The molecule has 0 aromatic heterocycles. The second-order valence-corrected chi connectivity index (χ2v) is 4.30. The third-order valence-electron chi connectivity index (χ3n) is 1.95. The van der Waals surface area contributed by atoms with E-state index in [1.54, 1.807) is 6.07 Å². The van der Waals surface area contributed by atoms with Crippen LogP contribution in [0.25, 0.3) is 0 Å². The van der Waals surface area contributed by atoms with Gasteiger partial charge in [-0.15, -0.1) is 0 Å². The van der Waals surface area contributed by atoms with Crippen molar-refractivity contribution >= 4 is 34.0 Å². The Balaban J connectivity index is 2.65. The number of nitrogens with one attached hydrogen (secondary N) is 1. The molecule has 1 aromatic carbocycles. The zero-order chi connectivity index (χ0) is 11.3. The lowest BCUT2D eigenvalue weighted by atomic mass is 10.2. The highest BCUT2D eigenvalue weighted by Crippen LogP contribution is 2.23. The number of halogens is 2. The van der Waals surface area contributed by atoms with Crippen molar-refractivity contribution in [1.29, 1.82) is 0 Å². The minimum atomic E-state index is -0.238. The fraction of sp³-hybridized carbons (Fsp3) is 0.273. The van der Waals surface area contributed by atoms with Gasteiger partial charge in [0.15, 0.2) is 0 Å². The minimum Gasteiger partial charge on any atom is -0.397 e. The van der Waals surface area contributed by atoms with Gasteiger partial charge >= 0.3 is 0 Å². The number of benzene rings is 1. The molecule has 82 valence electrons. The van der Waals surface area contributed by atoms with Crippen molar-refractivity contribution in [1.82, 2.24) is 0 Å². The van der Waals surface area contributed by atoms with Gasteiger partial charge in [-0.3, -0.25) is 0 Å². The predicted molar refractivity (Wildman–Crippen MR) is 71.5 cm³/mol. The Morgan fingerprint density at radius 2 is 2.27 bits per heavy atom. The zero-order valence-corrected chi connectivity index (χ0v) is 10.7. The molecule has 0 saturated heterocycles. The molecular weight excluding hydrogens is 306 g/mol. The highest BCUT2D eigenvalue weighted by atomic mass is 127. The fourth-order valence-electron chi connectivity index (χ4n) is 1.17. The summed E-state index contributed by atoms with van der Waals surface area (Å²) in [5.41, 5.74) is 7.00. The molecule has 0 aliphatic carbocycles. The summed E-state index contributed by atoms with van der Waals surface area (Å²) in [6.07, 6.45) is 4.94. The van der Waals surface area contributed by atoms with Crippen LogP contribution in [0.15, 0.2) is 24.3 Å². The van der Waals surface area contributed by atoms with Crippen LogP contribution in [-0.4, -0.2) is 6.54 Å². The Morgan fingerprint density at radius 1 is 1.53 bits per heavy atom. The molecule has 3 N–H and O–H groups in total. The maximum Gasteiger partial charge on any atom is 0.138 e. The van der Waals surface area contributed by atoms with E-state index in [9.17, 15) is 4.39 Å². The number of anilines is 2. The highest BCUT2D eigenvalue weighted by Gasteiger charge is 2.04. The Morgan fingerprint density at radius 3 is 2.93 bits per heavy atom. The molecule has 0 aliphatic heterocycles. The molecule has 4 heteroatoms. The second kappa shape index (κ2) is 5.95. The smallest absolute Gasteiger partial charge is 0.138 e. The molecule has 0 aliphatic rings. The quantitative estimate of drug-likeness (QED) is 0.386. The maximum absolute atomic E-state index is 13.2. The van der Waals surface area contributed by atoms with Gasteiger partial charge < -0.3 is 11.1 Å². The van der Waals surface area contributed by atoms with Crippen molar-refractivity contribution in [2.45, 2.75) is 13.3 Å². The first-order valence-corrected chi connectivity index (χ1v) is 5.82. The standard InChI is InChI=1S/C11H14FIN2/c1-2-3-4-5-15-11-6-8(12)9(13)7-10(11)14/h2-3,6-7,15H,4-5,14H2,1H3/b3-2+. The van der Waals surface area contributed by atoms with Gasteiger partial charge in [0.1, 0.15) is 5.82 Å². The first-order valence-electron chi connectivity index (χ1n) is 4.74. The van der Waals surface area contributed by atoms with Crippen LogP contribution in [0.4, 0.5) is 15.8 Å². The Hall–Kier alpha value is -0.780. The molecule has 0 fully saturated rings. The molecular formula is C11H14FIN2. The van der Waals surface area contributed by atoms with Crippen LogP contribution in [0.2, 0.25) is 0 Å². The lowest BCUT2D eigenvalue weighted by Crippen LogP contribution is -2.04. The van der Waals surface area contributed by atoms with E-state index in [2.05, 4.69) is 5.32 Å². The van der Waals surface area contributed by atoms with Gasteiger partial charge in [-0.2, -0.15) is 0 Å². The van der Waals surface area contributed by atoms with E-state index in [0.717, 1.165) is 13.0 Å². The van der Waals surface area contributed by atoms with E-state index in [1.165, 1.54) is 6.07 Å². The van der Waals surface area contributed by atoms with Gasteiger partial charge in [0, 0.05) is 12.6 Å². The average molecular weight is 320 g/mol. The van der Waals surface area contributed by atoms with Crippen LogP contribution in [0.5, 0.6) is 0 Å². The van der Waals surface area contributed by atoms with E-state index >= 15 is 0 Å². The first kappa shape index (κ1) is 12.3. The Kier molecular flexibility index (Phi) is 4.87. The van der Waals surface area contributed by atoms with Crippen molar-refractivity contribution in [2.75, 3.05) is 17.6 Å². The van der Waals surface area contributed by atoms with Gasteiger partial charge in [-0.25, -0.2) is 4.39 Å². The summed E-state index contributed by atoms with van der Waals surface area (Å²) in [6, 6.07) is 3.07. The number of nitrogen functional groups attached to an aromatic ring is 1. The molecule has 1 rings (SSSR count). The third-order valence-corrected chi connectivity index (χ3v) is 2.78. The SMILES string of the molecule is C/C=C/CCNc1cc(F)c(I)cc1N. The van der Waals surface area contributed by atoms with Gasteiger partial charge in [0.05, 0.1) is 14.9 Å². The van der Waals surface area contributed by atoms with E-state index in [4.69, 9.17) is 5.73 Å². The molecule has 2 nitrogen and oxygen atoms in total. The lowest BCUT2D eigenvalue weighted by Gasteiger charge is -2.09. The minimum absolute atomic E-state index is 0.238. The third kappa shape index (κ3) is 3.70. The number of nitrogens with two attached hydrogens (primary N) is 1. The summed E-state index contributed by atoms with van der Waals surface area (Å²) < 4.78 is 13.8. The topological polar surface area (TPSA) is 38.0 Å². The molecule has 0 atom stereocenters. The van der Waals surface area contributed by atoms with Gasteiger partial charge in [0.25, 0.3) is 0 Å². The van der Waals surface area contributed by atoms with Crippen LogP contribution in [0.3, 0.4) is 0 Å². The van der Waals surface area contributed by atoms with Gasteiger partial charge in [-0.1, -0.05) is 12.2 Å². The van der Waals surface area contributed by atoms with E-state index in [0.29, 0.717) is 14.9 Å².